The Morgan fingerprint density at radius 1 is 1.38 bits per heavy atom. The fraction of sp³-hybridized carbons (Fsp3) is 0.600. The predicted octanol–water partition coefficient (Wildman–Crippen LogP) is -0.531. The van der Waals surface area contributed by atoms with E-state index in [0.29, 0.717) is 17.0 Å². The smallest absolute Gasteiger partial charge is 0.259 e. The number of aromatic nitrogens is 1. The molecule has 1 fully saturated rings. The first-order valence-electron chi connectivity index (χ1n) is 5.09. The Hall–Kier alpha value is -1.40. The van der Waals surface area contributed by atoms with Crippen molar-refractivity contribution < 1.29 is 19.5 Å². The third-order valence-electron chi connectivity index (χ3n) is 2.79. The van der Waals surface area contributed by atoms with Crippen molar-refractivity contribution in [2.24, 2.45) is 0 Å². The minimum absolute atomic E-state index is 0.143. The third-order valence-corrected chi connectivity index (χ3v) is 2.79. The molecule has 1 aliphatic heterocycles. The molecule has 0 aromatic carbocycles. The summed E-state index contributed by atoms with van der Waals surface area (Å²) in [4.78, 5) is 13.4. The van der Waals surface area contributed by atoms with Crippen LogP contribution in [-0.2, 0) is 0 Å². The van der Waals surface area contributed by atoms with Gasteiger partial charge in [0.1, 0.15) is 11.3 Å². The van der Waals surface area contributed by atoms with E-state index < -0.39 is 12.2 Å². The molecule has 0 radical (unpaired) electrons. The van der Waals surface area contributed by atoms with Crippen molar-refractivity contribution in [2.75, 3.05) is 13.1 Å². The van der Waals surface area contributed by atoms with Crippen molar-refractivity contribution in [3.63, 3.8) is 0 Å². The standard InChI is InChI=1S/C10H14N2O4/c1-5-9(6(2)16-11-5)10(15)12-3-7(13)8(14)4-12/h7-8,13-14H,3-4H2,1-2H3/t7-,8+. The number of carbonyl (C=O) groups excluding carboxylic acids is 1. The highest BCUT2D eigenvalue weighted by Crippen LogP contribution is 2.19. The molecule has 2 rings (SSSR count). The Labute approximate surface area is 92.5 Å². The number of carbonyl (C=O) groups is 1. The highest BCUT2D eigenvalue weighted by molar-refractivity contribution is 5.96. The van der Waals surface area contributed by atoms with Gasteiger partial charge in [0.2, 0.25) is 0 Å². The zero-order valence-corrected chi connectivity index (χ0v) is 9.17. The summed E-state index contributed by atoms with van der Waals surface area (Å²) in [7, 11) is 0. The summed E-state index contributed by atoms with van der Waals surface area (Å²) in [6.07, 6.45) is -1.74. The van der Waals surface area contributed by atoms with Crippen molar-refractivity contribution in [3.8, 4) is 0 Å². The van der Waals surface area contributed by atoms with Gasteiger partial charge in [-0.1, -0.05) is 5.16 Å². The highest BCUT2D eigenvalue weighted by Gasteiger charge is 2.34. The Kier molecular flexibility index (Phi) is 2.69. The number of hydrogen-bond acceptors (Lipinski definition) is 5. The SMILES string of the molecule is Cc1noc(C)c1C(=O)N1C[C@@H](O)[C@@H](O)C1. The van der Waals surface area contributed by atoms with E-state index in [1.54, 1.807) is 13.8 Å². The Morgan fingerprint density at radius 3 is 2.38 bits per heavy atom. The van der Waals surface area contributed by atoms with Crippen LogP contribution in [0.5, 0.6) is 0 Å². The summed E-state index contributed by atoms with van der Waals surface area (Å²) in [6, 6.07) is 0. The number of β-amino-alcohol motifs (C(OH)–C–C–N with tert-alkyl or cyclic N) is 2. The van der Waals surface area contributed by atoms with Gasteiger partial charge in [-0.15, -0.1) is 0 Å². The topological polar surface area (TPSA) is 86.8 Å². The first kappa shape index (κ1) is 11.1. The number of rotatable bonds is 1. The van der Waals surface area contributed by atoms with Crippen molar-refractivity contribution in [1.82, 2.24) is 10.1 Å². The average Bonchev–Trinajstić information content (AvgIpc) is 2.72. The molecule has 1 amide bonds. The van der Waals surface area contributed by atoms with Crippen LogP contribution in [0.2, 0.25) is 0 Å². The van der Waals surface area contributed by atoms with Crippen LogP contribution in [0.15, 0.2) is 4.52 Å². The van der Waals surface area contributed by atoms with E-state index in [-0.39, 0.29) is 19.0 Å². The van der Waals surface area contributed by atoms with Crippen LogP contribution in [0.25, 0.3) is 0 Å². The summed E-state index contributed by atoms with van der Waals surface area (Å²) in [5.74, 6) is 0.199. The van der Waals surface area contributed by atoms with Gasteiger partial charge in [0.05, 0.1) is 17.9 Å². The second-order valence-corrected chi connectivity index (χ2v) is 4.04. The van der Waals surface area contributed by atoms with Crippen LogP contribution >= 0.6 is 0 Å². The first-order valence-corrected chi connectivity index (χ1v) is 5.09. The quantitative estimate of drug-likeness (QED) is 0.672. The second-order valence-electron chi connectivity index (χ2n) is 4.04. The van der Waals surface area contributed by atoms with Crippen molar-refractivity contribution in [3.05, 3.63) is 17.0 Å². The molecule has 0 unspecified atom stereocenters. The molecule has 2 atom stereocenters. The molecular formula is C10H14N2O4. The number of aliphatic hydroxyl groups excluding tert-OH is 2. The van der Waals surface area contributed by atoms with Gasteiger partial charge in [-0.2, -0.15) is 0 Å². The number of hydrogen-bond donors (Lipinski definition) is 2. The number of nitrogens with zero attached hydrogens (tertiary/aromatic N) is 2. The van der Waals surface area contributed by atoms with E-state index in [1.807, 2.05) is 0 Å². The van der Waals surface area contributed by atoms with Crippen molar-refractivity contribution >= 4 is 5.91 Å². The molecule has 16 heavy (non-hydrogen) atoms. The maximum Gasteiger partial charge on any atom is 0.259 e. The molecule has 6 heteroatoms. The van der Waals surface area contributed by atoms with Crippen LogP contribution in [0.4, 0.5) is 0 Å². The molecule has 1 aliphatic rings. The highest BCUT2D eigenvalue weighted by atomic mass is 16.5. The van der Waals surface area contributed by atoms with Crippen molar-refractivity contribution in [1.29, 1.82) is 0 Å². The molecular weight excluding hydrogens is 212 g/mol. The number of likely N-dealkylation sites (tertiary alicyclic amines) is 1. The fourth-order valence-corrected chi connectivity index (χ4v) is 1.88. The summed E-state index contributed by atoms with van der Waals surface area (Å²) in [6.45, 7) is 3.64. The van der Waals surface area contributed by atoms with Gasteiger partial charge in [-0.05, 0) is 13.8 Å². The van der Waals surface area contributed by atoms with E-state index in [1.165, 1.54) is 4.90 Å². The number of amides is 1. The number of aryl methyl sites for hydroxylation is 2. The monoisotopic (exact) mass is 226 g/mol. The minimum Gasteiger partial charge on any atom is -0.388 e. The number of aliphatic hydroxyl groups is 2. The van der Waals surface area contributed by atoms with E-state index in [2.05, 4.69) is 5.16 Å². The summed E-state index contributed by atoms with van der Waals surface area (Å²) >= 11 is 0. The van der Waals surface area contributed by atoms with Crippen LogP contribution < -0.4 is 0 Å². The molecule has 0 bridgehead atoms. The summed E-state index contributed by atoms with van der Waals surface area (Å²) < 4.78 is 4.91. The molecule has 1 saturated heterocycles. The molecule has 88 valence electrons. The third kappa shape index (κ3) is 1.70. The minimum atomic E-state index is -0.871. The van der Waals surface area contributed by atoms with Crippen LogP contribution in [-0.4, -0.2) is 51.5 Å². The summed E-state index contributed by atoms with van der Waals surface area (Å²) in [5.41, 5.74) is 0.944. The van der Waals surface area contributed by atoms with Gasteiger partial charge in [-0.3, -0.25) is 4.79 Å². The van der Waals surface area contributed by atoms with E-state index in [4.69, 9.17) is 4.52 Å². The van der Waals surface area contributed by atoms with E-state index in [9.17, 15) is 15.0 Å². The van der Waals surface area contributed by atoms with E-state index >= 15 is 0 Å². The first-order chi connectivity index (χ1) is 7.50. The molecule has 1 aromatic heterocycles. The maximum absolute atomic E-state index is 12.0. The summed E-state index contributed by atoms with van der Waals surface area (Å²) in [5, 5.41) is 22.4. The van der Waals surface area contributed by atoms with Crippen LogP contribution in [0.1, 0.15) is 21.8 Å². The lowest BCUT2D eigenvalue weighted by molar-refractivity contribution is 0.0572. The van der Waals surface area contributed by atoms with Gasteiger partial charge in [0, 0.05) is 13.1 Å². The molecule has 0 saturated carbocycles. The molecule has 1 aromatic rings. The second kappa shape index (κ2) is 3.88. The van der Waals surface area contributed by atoms with E-state index in [0.717, 1.165) is 0 Å². The molecule has 0 aliphatic carbocycles. The fourth-order valence-electron chi connectivity index (χ4n) is 1.88. The Balaban J connectivity index is 2.21. The van der Waals surface area contributed by atoms with Gasteiger partial charge in [0.25, 0.3) is 5.91 Å². The molecule has 2 heterocycles. The maximum atomic E-state index is 12.0. The normalized spacial score (nSPS) is 25.1. The Morgan fingerprint density at radius 2 is 1.94 bits per heavy atom. The van der Waals surface area contributed by atoms with Crippen LogP contribution in [0.3, 0.4) is 0 Å². The van der Waals surface area contributed by atoms with Gasteiger partial charge >= 0.3 is 0 Å². The van der Waals surface area contributed by atoms with Gasteiger partial charge in [0.15, 0.2) is 0 Å². The molecule has 6 nitrogen and oxygen atoms in total. The lowest BCUT2D eigenvalue weighted by Crippen LogP contribution is -2.30. The predicted molar refractivity (Wildman–Crippen MR) is 53.9 cm³/mol. The van der Waals surface area contributed by atoms with Crippen molar-refractivity contribution in [2.45, 2.75) is 26.1 Å². The van der Waals surface area contributed by atoms with Gasteiger partial charge in [-0.25, -0.2) is 0 Å². The zero-order chi connectivity index (χ0) is 11.9. The largest absolute Gasteiger partial charge is 0.388 e. The lowest BCUT2D eigenvalue weighted by atomic mass is 10.2. The molecule has 0 spiro atoms. The molecule has 2 N–H and O–H groups in total. The van der Waals surface area contributed by atoms with Crippen LogP contribution in [0, 0.1) is 13.8 Å². The lowest BCUT2D eigenvalue weighted by Gasteiger charge is -2.14. The van der Waals surface area contributed by atoms with Gasteiger partial charge < -0.3 is 19.6 Å². The average molecular weight is 226 g/mol. The Bertz CT molecular complexity index is 385. The zero-order valence-electron chi connectivity index (χ0n) is 9.17.